The van der Waals surface area contributed by atoms with Crippen LogP contribution < -0.4 is 10.6 Å². The smallest absolute Gasteiger partial charge is 0.0867 e. The molecule has 0 amide bonds. The highest BCUT2D eigenvalue weighted by Gasteiger charge is 2.29. The summed E-state index contributed by atoms with van der Waals surface area (Å²) in [7, 11) is 2.04. The van der Waals surface area contributed by atoms with Crippen LogP contribution in [0.25, 0.3) is 0 Å². The first-order valence-electron chi connectivity index (χ1n) is 4.92. The number of fused-ring (bicyclic) bond motifs is 1. The topological polar surface area (TPSA) is 49.5 Å². The van der Waals surface area contributed by atoms with Crippen LogP contribution in [0.2, 0.25) is 0 Å². The molecule has 2 unspecified atom stereocenters. The second-order valence-corrected chi connectivity index (χ2v) is 3.88. The van der Waals surface area contributed by atoms with Gasteiger partial charge >= 0.3 is 0 Å². The SMILES string of the molecule is CN1CC(CN)C(O)c2ccccc21. The Kier molecular flexibility index (Phi) is 2.44. The van der Waals surface area contributed by atoms with Gasteiger partial charge in [-0.2, -0.15) is 0 Å². The molecule has 0 bridgehead atoms. The molecular formula is C11H16N2O. The molecule has 0 fully saturated rings. The zero-order valence-corrected chi connectivity index (χ0v) is 8.35. The summed E-state index contributed by atoms with van der Waals surface area (Å²) in [5.41, 5.74) is 7.74. The van der Waals surface area contributed by atoms with E-state index in [9.17, 15) is 5.11 Å². The maximum atomic E-state index is 10.0. The predicted molar refractivity (Wildman–Crippen MR) is 57.2 cm³/mol. The second kappa shape index (κ2) is 3.59. The minimum atomic E-state index is -0.410. The highest BCUT2D eigenvalue weighted by Crippen LogP contribution is 2.35. The van der Waals surface area contributed by atoms with Gasteiger partial charge < -0.3 is 15.7 Å². The van der Waals surface area contributed by atoms with Crippen LogP contribution in [0.3, 0.4) is 0 Å². The fourth-order valence-electron chi connectivity index (χ4n) is 2.09. The van der Waals surface area contributed by atoms with Gasteiger partial charge in [-0.1, -0.05) is 18.2 Å². The van der Waals surface area contributed by atoms with Gasteiger partial charge in [0.25, 0.3) is 0 Å². The Morgan fingerprint density at radius 3 is 2.93 bits per heavy atom. The van der Waals surface area contributed by atoms with Crippen molar-refractivity contribution in [1.82, 2.24) is 0 Å². The van der Waals surface area contributed by atoms with Gasteiger partial charge in [-0.05, 0) is 12.6 Å². The Balaban J connectivity index is 2.41. The summed E-state index contributed by atoms with van der Waals surface area (Å²) in [6.45, 7) is 1.36. The number of aliphatic hydroxyl groups excluding tert-OH is 1. The summed E-state index contributed by atoms with van der Waals surface area (Å²) in [6.07, 6.45) is -0.410. The quantitative estimate of drug-likeness (QED) is 0.690. The van der Waals surface area contributed by atoms with Crippen LogP contribution in [0.1, 0.15) is 11.7 Å². The number of benzene rings is 1. The molecule has 1 heterocycles. The first-order chi connectivity index (χ1) is 6.74. The number of nitrogens with two attached hydrogens (primary N) is 1. The molecule has 3 N–H and O–H groups in total. The third kappa shape index (κ3) is 1.38. The van der Waals surface area contributed by atoms with Gasteiger partial charge in [-0.25, -0.2) is 0 Å². The molecule has 14 heavy (non-hydrogen) atoms. The number of para-hydroxylation sites is 1. The molecule has 2 rings (SSSR count). The van der Waals surface area contributed by atoms with Gasteiger partial charge in [0, 0.05) is 30.8 Å². The number of aliphatic hydroxyl groups is 1. The fraction of sp³-hybridized carbons (Fsp3) is 0.455. The van der Waals surface area contributed by atoms with Crippen LogP contribution in [0, 0.1) is 5.92 Å². The van der Waals surface area contributed by atoms with E-state index in [1.807, 2.05) is 31.3 Å². The molecule has 76 valence electrons. The first-order valence-corrected chi connectivity index (χ1v) is 4.92. The molecule has 1 aromatic carbocycles. The van der Waals surface area contributed by atoms with Crippen LogP contribution in [0.15, 0.2) is 24.3 Å². The maximum absolute atomic E-state index is 10.0. The van der Waals surface area contributed by atoms with E-state index in [4.69, 9.17) is 5.73 Å². The standard InChI is InChI=1S/C11H16N2O/c1-13-7-8(6-12)11(14)9-4-2-3-5-10(9)13/h2-5,8,11,14H,6-7,12H2,1H3. The van der Waals surface area contributed by atoms with Gasteiger partial charge in [-0.15, -0.1) is 0 Å². The molecule has 1 aromatic rings. The Labute approximate surface area is 84.1 Å². The van der Waals surface area contributed by atoms with Crippen LogP contribution >= 0.6 is 0 Å². The summed E-state index contributed by atoms with van der Waals surface area (Å²) in [4.78, 5) is 2.15. The van der Waals surface area contributed by atoms with Gasteiger partial charge in [0.2, 0.25) is 0 Å². The van der Waals surface area contributed by atoms with E-state index in [0.29, 0.717) is 6.54 Å². The molecule has 0 saturated carbocycles. The summed E-state index contributed by atoms with van der Waals surface area (Å²) in [5, 5.41) is 10.0. The lowest BCUT2D eigenvalue weighted by molar-refractivity contribution is 0.110. The Hall–Kier alpha value is -1.06. The van der Waals surface area contributed by atoms with Crippen molar-refractivity contribution < 1.29 is 5.11 Å². The molecule has 2 atom stereocenters. The minimum Gasteiger partial charge on any atom is -0.388 e. The summed E-state index contributed by atoms with van der Waals surface area (Å²) < 4.78 is 0. The maximum Gasteiger partial charge on any atom is 0.0867 e. The zero-order chi connectivity index (χ0) is 10.1. The van der Waals surface area contributed by atoms with E-state index in [2.05, 4.69) is 4.90 Å². The van der Waals surface area contributed by atoms with E-state index in [1.165, 1.54) is 0 Å². The summed E-state index contributed by atoms with van der Waals surface area (Å²) >= 11 is 0. The zero-order valence-electron chi connectivity index (χ0n) is 8.35. The van der Waals surface area contributed by atoms with Crippen molar-refractivity contribution in [3.63, 3.8) is 0 Å². The average molecular weight is 192 g/mol. The highest BCUT2D eigenvalue weighted by molar-refractivity contribution is 5.56. The van der Waals surface area contributed by atoms with Gasteiger partial charge in [0.15, 0.2) is 0 Å². The van der Waals surface area contributed by atoms with Crippen molar-refractivity contribution in [1.29, 1.82) is 0 Å². The molecule has 0 aromatic heterocycles. The van der Waals surface area contributed by atoms with E-state index in [0.717, 1.165) is 17.8 Å². The van der Waals surface area contributed by atoms with Crippen molar-refractivity contribution in [2.75, 3.05) is 25.0 Å². The van der Waals surface area contributed by atoms with Crippen LogP contribution in [0.4, 0.5) is 5.69 Å². The fourth-order valence-corrected chi connectivity index (χ4v) is 2.09. The van der Waals surface area contributed by atoms with Gasteiger partial charge in [0.05, 0.1) is 6.10 Å². The monoisotopic (exact) mass is 192 g/mol. The van der Waals surface area contributed by atoms with Gasteiger partial charge in [-0.3, -0.25) is 0 Å². The molecule has 1 aliphatic heterocycles. The Bertz CT molecular complexity index is 327. The van der Waals surface area contributed by atoms with E-state index >= 15 is 0 Å². The lowest BCUT2D eigenvalue weighted by atomic mass is 9.90. The van der Waals surface area contributed by atoms with Crippen LogP contribution in [0.5, 0.6) is 0 Å². The minimum absolute atomic E-state index is 0.148. The molecule has 0 aliphatic carbocycles. The third-order valence-electron chi connectivity index (χ3n) is 2.92. The van der Waals surface area contributed by atoms with Crippen LogP contribution in [-0.4, -0.2) is 25.2 Å². The molecule has 3 nitrogen and oxygen atoms in total. The lowest BCUT2D eigenvalue weighted by Gasteiger charge is -2.36. The number of hydrogen-bond donors (Lipinski definition) is 2. The molecule has 1 aliphatic rings. The second-order valence-electron chi connectivity index (χ2n) is 3.88. The number of hydrogen-bond acceptors (Lipinski definition) is 3. The number of anilines is 1. The van der Waals surface area contributed by atoms with Crippen molar-refractivity contribution in [3.8, 4) is 0 Å². The molecule has 0 saturated heterocycles. The average Bonchev–Trinajstić information content (AvgIpc) is 2.23. The molecular weight excluding hydrogens is 176 g/mol. The largest absolute Gasteiger partial charge is 0.388 e. The van der Waals surface area contributed by atoms with E-state index in [1.54, 1.807) is 0 Å². The first kappa shape index (κ1) is 9.49. The van der Waals surface area contributed by atoms with Crippen molar-refractivity contribution in [3.05, 3.63) is 29.8 Å². The van der Waals surface area contributed by atoms with E-state index in [-0.39, 0.29) is 5.92 Å². The number of rotatable bonds is 1. The normalized spacial score (nSPS) is 26.1. The van der Waals surface area contributed by atoms with Crippen molar-refractivity contribution in [2.24, 2.45) is 11.7 Å². The number of nitrogens with zero attached hydrogens (tertiary/aromatic N) is 1. The molecule has 0 radical (unpaired) electrons. The highest BCUT2D eigenvalue weighted by atomic mass is 16.3. The predicted octanol–water partition coefficient (Wildman–Crippen LogP) is 0.745. The van der Waals surface area contributed by atoms with Crippen molar-refractivity contribution in [2.45, 2.75) is 6.10 Å². The molecule has 0 spiro atoms. The molecule has 3 heteroatoms. The third-order valence-corrected chi connectivity index (χ3v) is 2.92. The van der Waals surface area contributed by atoms with Gasteiger partial charge in [0.1, 0.15) is 0 Å². The van der Waals surface area contributed by atoms with Crippen molar-refractivity contribution >= 4 is 5.69 Å². The Morgan fingerprint density at radius 2 is 2.21 bits per heavy atom. The Morgan fingerprint density at radius 1 is 1.50 bits per heavy atom. The van der Waals surface area contributed by atoms with E-state index < -0.39 is 6.10 Å². The lowest BCUT2D eigenvalue weighted by Crippen LogP contribution is -2.38. The summed E-state index contributed by atoms with van der Waals surface area (Å²) in [5.74, 6) is 0.148. The summed E-state index contributed by atoms with van der Waals surface area (Å²) in [6, 6.07) is 7.95. The van der Waals surface area contributed by atoms with Crippen LogP contribution in [-0.2, 0) is 0 Å².